The Bertz CT molecular complexity index is 415. The zero-order valence-corrected chi connectivity index (χ0v) is 14.1. The van der Waals surface area contributed by atoms with Gasteiger partial charge in [-0.2, -0.15) is 0 Å². The van der Waals surface area contributed by atoms with E-state index in [9.17, 15) is 4.79 Å². The first-order chi connectivity index (χ1) is 9.92. The van der Waals surface area contributed by atoms with Crippen molar-refractivity contribution in [1.82, 2.24) is 0 Å². The smallest absolute Gasteiger partial charge is 0.302 e. The molecule has 0 aromatic carbocycles. The van der Waals surface area contributed by atoms with Gasteiger partial charge in [0.05, 0.1) is 19.3 Å². The van der Waals surface area contributed by atoms with Gasteiger partial charge in [-0.15, -0.1) is 0 Å². The summed E-state index contributed by atoms with van der Waals surface area (Å²) in [6.45, 7) is 11.7. The van der Waals surface area contributed by atoms with Gasteiger partial charge in [-0.1, -0.05) is 45.3 Å². The van der Waals surface area contributed by atoms with Crippen LogP contribution in [0.5, 0.6) is 0 Å². The average molecular weight is 294 g/mol. The van der Waals surface area contributed by atoms with Gasteiger partial charge in [-0.25, -0.2) is 0 Å². The molecule has 0 unspecified atom stereocenters. The Morgan fingerprint density at radius 2 is 2.19 bits per heavy atom. The summed E-state index contributed by atoms with van der Waals surface area (Å²) in [6, 6.07) is 0. The van der Waals surface area contributed by atoms with Crippen LogP contribution in [0.15, 0.2) is 11.6 Å². The Balaban J connectivity index is 2.23. The molecule has 0 amide bonds. The summed E-state index contributed by atoms with van der Waals surface area (Å²) in [5, 5.41) is 0. The van der Waals surface area contributed by atoms with Gasteiger partial charge in [-0.3, -0.25) is 4.79 Å². The fraction of sp³-hybridized carbons (Fsp3) is 0.833. The molecular formula is C18H30O3. The molecule has 2 aliphatic rings. The van der Waals surface area contributed by atoms with Crippen molar-refractivity contribution in [2.45, 2.75) is 60.0 Å². The number of rotatable bonds is 5. The van der Waals surface area contributed by atoms with Crippen molar-refractivity contribution in [1.29, 1.82) is 0 Å². The van der Waals surface area contributed by atoms with Gasteiger partial charge in [0.25, 0.3) is 0 Å². The van der Waals surface area contributed by atoms with E-state index in [0.717, 1.165) is 6.42 Å². The lowest BCUT2D eigenvalue weighted by atomic mass is 9.56. The van der Waals surface area contributed by atoms with E-state index in [1.807, 2.05) is 0 Å². The zero-order valence-electron chi connectivity index (χ0n) is 14.1. The predicted molar refractivity (Wildman–Crippen MR) is 83.9 cm³/mol. The first kappa shape index (κ1) is 16.5. The highest BCUT2D eigenvalue weighted by atomic mass is 16.5. The molecule has 3 heteroatoms. The third kappa shape index (κ3) is 3.03. The van der Waals surface area contributed by atoms with Crippen molar-refractivity contribution >= 4 is 5.97 Å². The SMILES string of the molecule is CCCC[C@@H]1OC[C@]2(COC(C)=O)[C@@H](C)C=C(C)[C@@H]1[C@@H]2C. The second-order valence-corrected chi connectivity index (χ2v) is 7.02. The maximum atomic E-state index is 11.2. The van der Waals surface area contributed by atoms with Crippen LogP contribution in [0.1, 0.15) is 53.9 Å². The van der Waals surface area contributed by atoms with Crippen LogP contribution in [0.25, 0.3) is 0 Å². The molecule has 2 bridgehead atoms. The van der Waals surface area contributed by atoms with E-state index in [2.05, 4.69) is 33.8 Å². The molecule has 0 spiro atoms. The Morgan fingerprint density at radius 3 is 2.81 bits per heavy atom. The van der Waals surface area contributed by atoms with Crippen LogP contribution in [0.3, 0.4) is 0 Å². The summed E-state index contributed by atoms with van der Waals surface area (Å²) in [4.78, 5) is 11.2. The second kappa shape index (κ2) is 6.51. The highest BCUT2D eigenvalue weighted by Gasteiger charge is 2.53. The molecule has 0 aromatic heterocycles. The second-order valence-electron chi connectivity index (χ2n) is 7.02. The van der Waals surface area contributed by atoms with Crippen molar-refractivity contribution in [3.8, 4) is 0 Å². The molecule has 1 saturated heterocycles. The van der Waals surface area contributed by atoms with E-state index in [4.69, 9.17) is 9.47 Å². The van der Waals surface area contributed by atoms with E-state index in [1.165, 1.54) is 25.3 Å². The van der Waals surface area contributed by atoms with Crippen LogP contribution in [-0.2, 0) is 14.3 Å². The lowest BCUT2D eigenvalue weighted by Gasteiger charge is -2.55. The Labute approximate surface area is 129 Å². The lowest BCUT2D eigenvalue weighted by molar-refractivity contribution is -0.180. The quantitative estimate of drug-likeness (QED) is 0.568. The molecule has 3 nitrogen and oxygen atoms in total. The molecule has 120 valence electrons. The van der Waals surface area contributed by atoms with Gasteiger partial charge in [0.1, 0.15) is 0 Å². The monoisotopic (exact) mass is 294 g/mol. The van der Waals surface area contributed by atoms with E-state index in [1.54, 1.807) is 0 Å². The molecule has 0 aromatic rings. The third-order valence-corrected chi connectivity index (χ3v) is 5.74. The van der Waals surface area contributed by atoms with Crippen LogP contribution in [0.2, 0.25) is 0 Å². The van der Waals surface area contributed by atoms with Gasteiger partial charge in [0, 0.05) is 18.3 Å². The minimum Gasteiger partial charge on any atom is -0.465 e. The van der Waals surface area contributed by atoms with Crippen LogP contribution >= 0.6 is 0 Å². The first-order valence-electron chi connectivity index (χ1n) is 8.35. The number of hydrogen-bond donors (Lipinski definition) is 0. The fourth-order valence-electron chi connectivity index (χ4n) is 4.29. The van der Waals surface area contributed by atoms with E-state index in [-0.39, 0.29) is 11.4 Å². The molecule has 21 heavy (non-hydrogen) atoms. The van der Waals surface area contributed by atoms with E-state index >= 15 is 0 Å². The van der Waals surface area contributed by atoms with Crippen molar-refractivity contribution in [2.24, 2.45) is 23.2 Å². The van der Waals surface area contributed by atoms with Gasteiger partial charge in [0.15, 0.2) is 0 Å². The van der Waals surface area contributed by atoms with E-state index < -0.39 is 0 Å². The standard InChI is InChI=1S/C18H30O3/c1-6-7-8-16-17-12(2)9-13(3)18(11-21-16,14(17)4)10-20-15(5)19/h9,13-14,16-17H,6-8,10-11H2,1-5H3/t13-,14-,16-,17+,18+/m0/s1. The lowest BCUT2D eigenvalue weighted by Crippen LogP contribution is -2.56. The Hall–Kier alpha value is -0.830. The topological polar surface area (TPSA) is 35.5 Å². The summed E-state index contributed by atoms with van der Waals surface area (Å²) in [7, 11) is 0. The molecule has 1 aliphatic heterocycles. The number of hydrogen-bond acceptors (Lipinski definition) is 3. The predicted octanol–water partition coefficient (Wildman–Crippen LogP) is 3.97. The molecule has 0 saturated carbocycles. The van der Waals surface area contributed by atoms with Crippen molar-refractivity contribution in [2.75, 3.05) is 13.2 Å². The zero-order chi connectivity index (χ0) is 15.6. The number of allylic oxidation sites excluding steroid dienone is 1. The number of carbonyl (C=O) groups excluding carboxylic acids is 1. The van der Waals surface area contributed by atoms with Crippen molar-refractivity contribution in [3.63, 3.8) is 0 Å². The molecular weight excluding hydrogens is 264 g/mol. The average Bonchev–Trinajstić information content (AvgIpc) is 2.42. The molecule has 1 heterocycles. The highest BCUT2D eigenvalue weighted by Crippen LogP contribution is 2.53. The maximum Gasteiger partial charge on any atom is 0.302 e. The molecule has 1 aliphatic carbocycles. The van der Waals surface area contributed by atoms with Crippen LogP contribution in [0.4, 0.5) is 0 Å². The molecule has 0 N–H and O–H groups in total. The number of ether oxygens (including phenoxy) is 2. The number of unbranched alkanes of at least 4 members (excludes halogenated alkanes) is 1. The van der Waals surface area contributed by atoms with E-state index in [0.29, 0.717) is 37.1 Å². The minimum atomic E-state index is -0.195. The number of carbonyl (C=O) groups is 1. The molecule has 1 fully saturated rings. The molecule has 2 rings (SSSR count). The Morgan fingerprint density at radius 1 is 1.48 bits per heavy atom. The third-order valence-electron chi connectivity index (χ3n) is 5.74. The Kier molecular flexibility index (Phi) is 5.13. The first-order valence-corrected chi connectivity index (χ1v) is 8.35. The highest BCUT2D eigenvalue weighted by molar-refractivity contribution is 5.65. The van der Waals surface area contributed by atoms with Crippen molar-refractivity contribution in [3.05, 3.63) is 11.6 Å². The minimum absolute atomic E-state index is 0.0570. The van der Waals surface area contributed by atoms with Crippen molar-refractivity contribution < 1.29 is 14.3 Å². The normalized spacial score (nSPS) is 38.8. The largest absolute Gasteiger partial charge is 0.465 e. The summed E-state index contributed by atoms with van der Waals surface area (Å²) in [6.07, 6.45) is 6.27. The van der Waals surface area contributed by atoms with Gasteiger partial charge in [0.2, 0.25) is 0 Å². The van der Waals surface area contributed by atoms with Gasteiger partial charge >= 0.3 is 5.97 Å². The summed E-state index contributed by atoms with van der Waals surface area (Å²) >= 11 is 0. The molecule has 0 radical (unpaired) electrons. The van der Waals surface area contributed by atoms with Crippen LogP contribution < -0.4 is 0 Å². The van der Waals surface area contributed by atoms with Crippen LogP contribution in [0, 0.1) is 23.2 Å². The van der Waals surface area contributed by atoms with Gasteiger partial charge < -0.3 is 9.47 Å². The number of esters is 1. The fourth-order valence-corrected chi connectivity index (χ4v) is 4.29. The maximum absolute atomic E-state index is 11.2. The van der Waals surface area contributed by atoms with Gasteiger partial charge in [-0.05, 0) is 25.2 Å². The van der Waals surface area contributed by atoms with Crippen LogP contribution in [-0.4, -0.2) is 25.3 Å². The summed E-state index contributed by atoms with van der Waals surface area (Å²) in [5.74, 6) is 1.15. The molecule has 5 atom stereocenters. The number of fused-ring (bicyclic) bond motifs is 2. The summed E-state index contributed by atoms with van der Waals surface area (Å²) in [5.41, 5.74) is 1.40. The summed E-state index contributed by atoms with van der Waals surface area (Å²) < 4.78 is 11.7.